The van der Waals surface area contributed by atoms with Gasteiger partial charge in [-0.1, -0.05) is 36.4 Å². The van der Waals surface area contributed by atoms with E-state index in [4.69, 9.17) is 18.9 Å². The molecular weight excluding hydrogens is 671 g/mol. The summed E-state index contributed by atoms with van der Waals surface area (Å²) in [7, 11) is 3.43. The van der Waals surface area contributed by atoms with Gasteiger partial charge in [0.1, 0.15) is 5.76 Å². The molecule has 1 saturated heterocycles. The summed E-state index contributed by atoms with van der Waals surface area (Å²) in [4.78, 5) is 64.1. The number of methoxy groups -OCH3 is 1. The largest absolute Gasteiger partial charge is 0.493 e. The van der Waals surface area contributed by atoms with Crippen LogP contribution in [0.4, 0.5) is 13.2 Å². The van der Waals surface area contributed by atoms with Crippen LogP contribution in [0.3, 0.4) is 0 Å². The van der Waals surface area contributed by atoms with Crippen molar-refractivity contribution in [1.29, 1.82) is 0 Å². The Balaban J connectivity index is 1.28. The van der Waals surface area contributed by atoms with Gasteiger partial charge in [-0.3, -0.25) is 9.59 Å². The summed E-state index contributed by atoms with van der Waals surface area (Å²) >= 11 is 0. The summed E-state index contributed by atoms with van der Waals surface area (Å²) in [6.45, 7) is 1.41. The van der Waals surface area contributed by atoms with E-state index in [0.29, 0.717) is 30.9 Å². The number of piperidine rings is 1. The lowest BCUT2D eigenvalue weighted by molar-refractivity contribution is -0.206. The number of likely N-dealkylation sites (N-methyl/N-ethyl adjacent to an activating group) is 1. The Labute approximate surface area is 282 Å². The topological polar surface area (TPSA) is 164 Å². The highest BCUT2D eigenvalue weighted by Gasteiger charge is 2.72. The predicted molar refractivity (Wildman–Crippen MR) is 160 cm³/mol. The van der Waals surface area contributed by atoms with Gasteiger partial charge < -0.3 is 38.4 Å². The van der Waals surface area contributed by atoms with Gasteiger partial charge in [-0.05, 0) is 44.1 Å². The van der Waals surface area contributed by atoms with Crippen molar-refractivity contribution >= 4 is 29.8 Å². The highest BCUT2D eigenvalue weighted by molar-refractivity contribution is 5.93. The maximum atomic E-state index is 13.9. The van der Waals surface area contributed by atoms with Crippen LogP contribution in [0, 0.1) is 0 Å². The first-order valence-corrected chi connectivity index (χ1v) is 15.6. The lowest BCUT2D eigenvalue weighted by atomic mass is 9.50. The molecule has 2 aliphatic heterocycles. The van der Waals surface area contributed by atoms with Crippen LogP contribution in [-0.4, -0.2) is 90.6 Å². The van der Waals surface area contributed by atoms with Gasteiger partial charge >= 0.3 is 36.0 Å². The number of esters is 5. The predicted octanol–water partition coefficient (Wildman–Crippen LogP) is 2.75. The van der Waals surface area contributed by atoms with Crippen LogP contribution in [0.15, 0.2) is 54.3 Å². The van der Waals surface area contributed by atoms with Crippen LogP contribution in [0.1, 0.15) is 49.0 Å². The van der Waals surface area contributed by atoms with Crippen molar-refractivity contribution in [1.82, 2.24) is 4.90 Å². The van der Waals surface area contributed by atoms with Crippen molar-refractivity contribution in [3.8, 4) is 11.5 Å². The average Bonchev–Trinajstić information content (AvgIpc) is 3.42. The molecule has 1 fully saturated rings. The van der Waals surface area contributed by atoms with Gasteiger partial charge in [0.15, 0.2) is 17.6 Å². The number of halogens is 3. The standard InChI is InChI=1S/C34H32F3NO12/c1-17(39)46-22(29(41)50-31(43)34(35,36)37)16-24(40)48-26(18-7-5-4-6-8-18)30(42)47-21-11-12-33(44)23-15-19-9-10-20(45-3)27-25(19)32(33,28(21)49-27)13-14-38(23)2/h4-11,22-23,26,28,44H,12-16H2,1-3H3/t22-,23+,26-,28-,32-,33+/m0/s1. The molecule has 50 heavy (non-hydrogen) atoms. The molecule has 0 amide bonds. The molecule has 13 nitrogen and oxygen atoms in total. The van der Waals surface area contributed by atoms with Crippen molar-refractivity contribution in [3.05, 3.63) is 71.0 Å². The van der Waals surface area contributed by atoms with Gasteiger partial charge in [0.25, 0.3) is 0 Å². The number of carbonyl (C=O) groups excluding carboxylic acids is 5. The van der Waals surface area contributed by atoms with E-state index in [1.165, 1.54) is 31.4 Å². The van der Waals surface area contributed by atoms with Crippen LogP contribution >= 0.6 is 0 Å². The van der Waals surface area contributed by atoms with E-state index in [-0.39, 0.29) is 23.8 Å². The zero-order valence-electron chi connectivity index (χ0n) is 27.0. The molecule has 4 aliphatic rings. The van der Waals surface area contributed by atoms with Gasteiger partial charge in [0.05, 0.1) is 24.5 Å². The Bertz CT molecular complexity index is 1780. The SMILES string of the molecule is COc1ccc2c3c1O[C@H]1C(OC(=O)[C@@H](OC(=O)C[C@H](OC(C)=O)C(=O)OC(=O)C(F)(F)F)c4ccccc4)=CC[C@@]4(O)[C@@H](C2)N(C)CC[C@]314. The fourth-order valence-corrected chi connectivity index (χ4v) is 7.56. The van der Waals surface area contributed by atoms with Gasteiger partial charge in [0.2, 0.25) is 12.2 Å². The van der Waals surface area contributed by atoms with E-state index in [1.807, 2.05) is 13.1 Å². The second kappa shape index (κ2) is 12.7. The Hall–Kier alpha value is -4.96. The van der Waals surface area contributed by atoms with E-state index >= 15 is 0 Å². The fraction of sp³-hybridized carbons (Fsp3) is 0.441. The van der Waals surface area contributed by atoms with Crippen LogP contribution in [0.2, 0.25) is 0 Å². The normalized spacial score (nSPS) is 25.9. The zero-order valence-corrected chi connectivity index (χ0v) is 27.0. The summed E-state index contributed by atoms with van der Waals surface area (Å²) in [6, 6.07) is 11.0. The molecule has 1 N–H and O–H groups in total. The monoisotopic (exact) mass is 703 g/mol. The van der Waals surface area contributed by atoms with Crippen molar-refractivity contribution in [2.75, 3.05) is 20.7 Å². The number of rotatable bonds is 9. The molecule has 16 heteroatoms. The molecule has 2 aliphatic carbocycles. The molecule has 2 aromatic rings. The summed E-state index contributed by atoms with van der Waals surface area (Å²) in [5.74, 6) is -7.62. The van der Waals surface area contributed by atoms with Gasteiger partial charge in [0, 0.05) is 30.5 Å². The summed E-state index contributed by atoms with van der Waals surface area (Å²) < 4.78 is 69.8. The number of hydrogen-bond acceptors (Lipinski definition) is 13. The summed E-state index contributed by atoms with van der Waals surface area (Å²) in [5.41, 5.74) is -0.451. The summed E-state index contributed by atoms with van der Waals surface area (Å²) in [5, 5.41) is 12.4. The van der Waals surface area contributed by atoms with Crippen LogP contribution in [0.5, 0.6) is 11.5 Å². The van der Waals surface area contributed by atoms with Crippen molar-refractivity contribution in [3.63, 3.8) is 0 Å². The highest BCUT2D eigenvalue weighted by atomic mass is 19.4. The molecular formula is C34H32F3NO12. The first-order chi connectivity index (χ1) is 23.6. The molecule has 6 rings (SSSR count). The summed E-state index contributed by atoms with van der Waals surface area (Å²) in [6.07, 6.45) is -9.18. The van der Waals surface area contributed by atoms with E-state index in [9.17, 15) is 42.3 Å². The number of aliphatic hydroxyl groups is 1. The van der Waals surface area contributed by atoms with Crippen LogP contribution in [-0.2, 0) is 54.8 Å². The third-order valence-electron chi connectivity index (χ3n) is 9.69. The molecule has 0 aromatic heterocycles. The van der Waals surface area contributed by atoms with E-state index < -0.39 is 71.8 Å². The second-order valence-electron chi connectivity index (χ2n) is 12.5. The lowest BCUT2D eigenvalue weighted by Crippen LogP contribution is -2.74. The Morgan fingerprint density at radius 2 is 1.78 bits per heavy atom. The zero-order chi connectivity index (χ0) is 36.2. The number of hydrogen-bond donors (Lipinski definition) is 1. The molecule has 2 aromatic carbocycles. The second-order valence-corrected chi connectivity index (χ2v) is 12.5. The Morgan fingerprint density at radius 1 is 1.06 bits per heavy atom. The first-order valence-electron chi connectivity index (χ1n) is 15.6. The van der Waals surface area contributed by atoms with E-state index in [2.05, 4.69) is 14.4 Å². The van der Waals surface area contributed by atoms with Gasteiger partial charge in [-0.15, -0.1) is 0 Å². The molecule has 266 valence electrons. The van der Waals surface area contributed by atoms with Crippen molar-refractivity contribution in [2.24, 2.45) is 0 Å². The first kappa shape index (κ1) is 34.9. The molecule has 2 bridgehead atoms. The molecule has 0 unspecified atom stereocenters. The van der Waals surface area contributed by atoms with E-state index in [0.717, 1.165) is 18.1 Å². The molecule has 1 spiro atoms. The quantitative estimate of drug-likeness (QED) is 0.231. The van der Waals surface area contributed by atoms with E-state index in [1.54, 1.807) is 18.2 Å². The average molecular weight is 704 g/mol. The third-order valence-corrected chi connectivity index (χ3v) is 9.69. The minimum absolute atomic E-state index is 0.0538. The lowest BCUT2D eigenvalue weighted by Gasteiger charge is -2.61. The molecule has 2 heterocycles. The third kappa shape index (κ3) is 5.75. The van der Waals surface area contributed by atoms with Crippen molar-refractivity contribution < 1.29 is 70.7 Å². The smallest absolute Gasteiger partial charge is 0.491 e. The number of ether oxygens (including phenoxy) is 6. The minimum Gasteiger partial charge on any atom is -0.493 e. The number of nitrogens with zero attached hydrogens (tertiary/aromatic N) is 1. The van der Waals surface area contributed by atoms with Crippen molar-refractivity contribution in [2.45, 2.75) is 74.2 Å². The minimum atomic E-state index is -5.55. The maximum Gasteiger partial charge on any atom is 0.491 e. The maximum absolute atomic E-state index is 13.9. The van der Waals surface area contributed by atoms with Crippen LogP contribution < -0.4 is 9.47 Å². The van der Waals surface area contributed by atoms with Crippen LogP contribution in [0.25, 0.3) is 0 Å². The Morgan fingerprint density at radius 3 is 2.44 bits per heavy atom. The number of benzene rings is 2. The Kier molecular flexibility index (Phi) is 8.89. The number of carbonyl (C=O) groups is 5. The number of alkyl halides is 3. The highest BCUT2D eigenvalue weighted by Crippen LogP contribution is 2.65. The van der Waals surface area contributed by atoms with Gasteiger partial charge in [-0.2, -0.15) is 13.2 Å². The molecule has 0 radical (unpaired) electrons. The fourth-order valence-electron chi connectivity index (χ4n) is 7.56. The molecule has 6 atom stereocenters. The van der Waals surface area contributed by atoms with Gasteiger partial charge in [-0.25, -0.2) is 14.4 Å². The number of likely N-dealkylation sites (tertiary alicyclic amines) is 1. The molecule has 0 saturated carbocycles.